The van der Waals surface area contributed by atoms with Crippen molar-refractivity contribution in [2.75, 3.05) is 0 Å². The zero-order valence-electron chi connectivity index (χ0n) is 11.4. The lowest BCUT2D eigenvalue weighted by molar-refractivity contribution is -0.122. The largest absolute Gasteiger partial charge is 0.339 e. The van der Waals surface area contributed by atoms with Gasteiger partial charge in [0.1, 0.15) is 5.78 Å². The molecule has 0 spiro atoms. The van der Waals surface area contributed by atoms with E-state index < -0.39 is 0 Å². The summed E-state index contributed by atoms with van der Waals surface area (Å²) in [6.45, 7) is 0. The van der Waals surface area contributed by atoms with Gasteiger partial charge in [-0.1, -0.05) is 37.3 Å². The first kappa shape index (κ1) is 12.8. The molecule has 3 rings (SSSR count). The molecular formula is C15H22N2O2. The van der Waals surface area contributed by atoms with E-state index >= 15 is 0 Å². The molecule has 1 aromatic rings. The Kier molecular flexibility index (Phi) is 3.95. The van der Waals surface area contributed by atoms with Crippen molar-refractivity contribution in [2.24, 2.45) is 5.92 Å². The van der Waals surface area contributed by atoms with Gasteiger partial charge >= 0.3 is 0 Å². The van der Waals surface area contributed by atoms with Gasteiger partial charge in [0.15, 0.2) is 5.82 Å². The van der Waals surface area contributed by atoms with E-state index in [0.717, 1.165) is 31.5 Å². The second-order valence-corrected chi connectivity index (χ2v) is 6.01. The Labute approximate surface area is 114 Å². The second kappa shape index (κ2) is 5.85. The Bertz CT molecular complexity index is 429. The smallest absolute Gasteiger partial charge is 0.234 e. The highest BCUT2D eigenvalue weighted by Crippen LogP contribution is 2.31. The molecule has 1 heterocycles. The van der Waals surface area contributed by atoms with Crippen LogP contribution < -0.4 is 0 Å². The molecule has 4 nitrogen and oxygen atoms in total. The molecule has 2 fully saturated rings. The van der Waals surface area contributed by atoms with E-state index in [0.29, 0.717) is 18.2 Å². The zero-order valence-corrected chi connectivity index (χ0v) is 11.4. The number of ketones is 1. The molecular weight excluding hydrogens is 240 g/mol. The van der Waals surface area contributed by atoms with Gasteiger partial charge in [-0.2, -0.15) is 4.98 Å². The Morgan fingerprint density at radius 2 is 1.74 bits per heavy atom. The fourth-order valence-electron chi connectivity index (χ4n) is 3.41. The maximum atomic E-state index is 12.1. The minimum Gasteiger partial charge on any atom is -0.339 e. The molecule has 1 aromatic heterocycles. The van der Waals surface area contributed by atoms with Gasteiger partial charge in [0.25, 0.3) is 0 Å². The Morgan fingerprint density at radius 3 is 2.47 bits per heavy atom. The minimum atomic E-state index is 0.241. The van der Waals surface area contributed by atoms with Crippen molar-refractivity contribution in [3.8, 4) is 0 Å². The number of Topliss-reactive ketones (excluding diaryl/α,β-unsaturated/α-hetero) is 1. The first-order valence-corrected chi connectivity index (χ1v) is 7.68. The molecule has 0 amide bonds. The molecule has 0 N–H and O–H groups in total. The van der Waals surface area contributed by atoms with E-state index in [2.05, 4.69) is 10.1 Å². The van der Waals surface area contributed by atoms with Crippen molar-refractivity contribution in [1.29, 1.82) is 0 Å². The molecule has 0 atom stereocenters. The molecule has 0 aliphatic heterocycles. The average Bonchev–Trinajstić information content (AvgIpc) is 3.11. The van der Waals surface area contributed by atoms with Crippen LogP contribution in [0.25, 0.3) is 0 Å². The zero-order chi connectivity index (χ0) is 13.1. The summed E-state index contributed by atoms with van der Waals surface area (Å²) in [5, 5.41) is 4.08. The quantitative estimate of drug-likeness (QED) is 0.834. The van der Waals surface area contributed by atoms with Crippen LogP contribution in [0.2, 0.25) is 0 Å². The van der Waals surface area contributed by atoms with E-state index in [4.69, 9.17) is 4.52 Å². The fourth-order valence-corrected chi connectivity index (χ4v) is 3.41. The number of carbonyl (C=O) groups excluding carboxylic acids is 1. The third-order valence-electron chi connectivity index (χ3n) is 4.59. The van der Waals surface area contributed by atoms with Crippen LogP contribution in [-0.2, 0) is 11.2 Å². The summed E-state index contributed by atoms with van der Waals surface area (Å²) in [6, 6.07) is 0. The topological polar surface area (TPSA) is 56.0 Å². The number of carbonyl (C=O) groups is 1. The lowest BCUT2D eigenvalue weighted by Crippen LogP contribution is -2.13. The first-order chi connectivity index (χ1) is 9.33. The summed E-state index contributed by atoms with van der Waals surface area (Å²) in [5.41, 5.74) is 0. The summed E-state index contributed by atoms with van der Waals surface area (Å²) in [6.07, 6.45) is 11.0. The number of nitrogens with zero attached hydrogens (tertiary/aromatic N) is 2. The molecule has 0 unspecified atom stereocenters. The highest BCUT2D eigenvalue weighted by molar-refractivity contribution is 5.82. The van der Waals surface area contributed by atoms with E-state index in [-0.39, 0.29) is 11.7 Å². The lowest BCUT2D eigenvalue weighted by Gasteiger charge is -2.17. The van der Waals surface area contributed by atoms with E-state index in [1.165, 1.54) is 32.1 Å². The fraction of sp³-hybridized carbons (Fsp3) is 0.800. The number of hydrogen-bond acceptors (Lipinski definition) is 4. The molecule has 4 heteroatoms. The summed E-state index contributed by atoms with van der Waals surface area (Å²) >= 11 is 0. The van der Waals surface area contributed by atoms with Crippen LogP contribution >= 0.6 is 0 Å². The van der Waals surface area contributed by atoms with Crippen molar-refractivity contribution < 1.29 is 9.32 Å². The molecule has 2 aliphatic carbocycles. The molecule has 0 bridgehead atoms. The van der Waals surface area contributed by atoms with Gasteiger partial charge in [0, 0.05) is 11.8 Å². The minimum absolute atomic E-state index is 0.241. The SMILES string of the molecule is O=C(Cc1nc(C2CCCCC2)no1)C1CCCC1. The molecule has 0 aromatic carbocycles. The van der Waals surface area contributed by atoms with Crippen LogP contribution in [0.15, 0.2) is 4.52 Å². The standard InChI is InChI=1S/C15H22N2O2/c18-13(11-6-4-5-7-11)10-14-16-15(17-19-14)12-8-2-1-3-9-12/h11-12H,1-10H2. The predicted octanol–water partition coefficient (Wildman–Crippen LogP) is 3.42. The molecule has 19 heavy (non-hydrogen) atoms. The van der Waals surface area contributed by atoms with Crippen molar-refractivity contribution in [1.82, 2.24) is 10.1 Å². The predicted molar refractivity (Wildman–Crippen MR) is 70.8 cm³/mol. The van der Waals surface area contributed by atoms with Gasteiger partial charge in [-0.3, -0.25) is 4.79 Å². The maximum Gasteiger partial charge on any atom is 0.234 e. The van der Waals surface area contributed by atoms with Crippen LogP contribution in [-0.4, -0.2) is 15.9 Å². The third-order valence-corrected chi connectivity index (χ3v) is 4.59. The van der Waals surface area contributed by atoms with Crippen molar-refractivity contribution in [3.05, 3.63) is 11.7 Å². The van der Waals surface area contributed by atoms with Gasteiger partial charge in [0.05, 0.1) is 6.42 Å². The molecule has 2 aliphatic rings. The Morgan fingerprint density at radius 1 is 1.05 bits per heavy atom. The van der Waals surface area contributed by atoms with Gasteiger partial charge in [0.2, 0.25) is 5.89 Å². The monoisotopic (exact) mass is 262 g/mol. The number of aromatic nitrogens is 2. The molecule has 0 saturated heterocycles. The Hall–Kier alpha value is -1.19. The van der Waals surface area contributed by atoms with E-state index in [9.17, 15) is 4.79 Å². The molecule has 0 radical (unpaired) electrons. The number of hydrogen-bond donors (Lipinski definition) is 0. The highest BCUT2D eigenvalue weighted by atomic mass is 16.5. The van der Waals surface area contributed by atoms with Gasteiger partial charge in [-0.25, -0.2) is 0 Å². The van der Waals surface area contributed by atoms with E-state index in [1.807, 2.05) is 0 Å². The summed E-state index contributed by atoms with van der Waals surface area (Å²) in [7, 11) is 0. The third kappa shape index (κ3) is 3.04. The molecule has 104 valence electrons. The molecule has 2 saturated carbocycles. The van der Waals surface area contributed by atoms with Crippen LogP contribution in [0, 0.1) is 5.92 Å². The van der Waals surface area contributed by atoms with Crippen molar-refractivity contribution in [2.45, 2.75) is 70.1 Å². The van der Waals surface area contributed by atoms with Crippen LogP contribution in [0.3, 0.4) is 0 Å². The second-order valence-electron chi connectivity index (χ2n) is 6.01. The van der Waals surface area contributed by atoms with Crippen LogP contribution in [0.1, 0.15) is 75.4 Å². The van der Waals surface area contributed by atoms with Gasteiger partial charge in [-0.05, 0) is 25.7 Å². The van der Waals surface area contributed by atoms with Crippen molar-refractivity contribution in [3.63, 3.8) is 0 Å². The Balaban J connectivity index is 1.59. The highest BCUT2D eigenvalue weighted by Gasteiger charge is 2.26. The number of rotatable bonds is 4. The van der Waals surface area contributed by atoms with Crippen LogP contribution in [0.5, 0.6) is 0 Å². The van der Waals surface area contributed by atoms with Gasteiger partial charge in [-0.15, -0.1) is 0 Å². The van der Waals surface area contributed by atoms with Gasteiger partial charge < -0.3 is 4.52 Å². The maximum absolute atomic E-state index is 12.1. The lowest BCUT2D eigenvalue weighted by atomic mass is 9.89. The summed E-state index contributed by atoms with van der Waals surface area (Å²) < 4.78 is 5.27. The summed E-state index contributed by atoms with van der Waals surface area (Å²) in [4.78, 5) is 16.5. The van der Waals surface area contributed by atoms with Crippen molar-refractivity contribution >= 4 is 5.78 Å². The average molecular weight is 262 g/mol. The normalized spacial score (nSPS) is 21.9. The summed E-state index contributed by atoms with van der Waals surface area (Å²) in [5.74, 6) is 2.33. The first-order valence-electron chi connectivity index (χ1n) is 7.68. The van der Waals surface area contributed by atoms with Crippen LogP contribution in [0.4, 0.5) is 0 Å². The van der Waals surface area contributed by atoms with E-state index in [1.54, 1.807) is 0 Å².